The predicted molar refractivity (Wildman–Crippen MR) is 208 cm³/mol. The maximum Gasteiger partial charge on any atom is 0.338 e. The van der Waals surface area contributed by atoms with Crippen molar-refractivity contribution < 1.29 is 47.6 Å². The van der Waals surface area contributed by atoms with Gasteiger partial charge in [-0.05, 0) is 54.1 Å². The molecular weight excluding hydrogens is 721 g/mol. The topological polar surface area (TPSA) is 124 Å². The number of carbonyl (C=O) groups is 4. The average Bonchev–Trinajstić information content (AvgIpc) is 3.23. The molecule has 1 aliphatic heterocycles. The molecule has 1 fully saturated rings. The Balaban J connectivity index is 1.53. The van der Waals surface area contributed by atoms with Gasteiger partial charge >= 0.3 is 23.9 Å². The lowest BCUT2D eigenvalue weighted by atomic mass is 9.98. The van der Waals surface area contributed by atoms with E-state index in [1.165, 1.54) is 11.8 Å². The number of ether oxygens (including phenoxy) is 6. The molecule has 0 aromatic heterocycles. The van der Waals surface area contributed by atoms with Crippen molar-refractivity contribution in [1.82, 2.24) is 0 Å². The number of hydrogen-bond donors (Lipinski definition) is 0. The van der Waals surface area contributed by atoms with E-state index in [4.69, 9.17) is 28.4 Å². The summed E-state index contributed by atoms with van der Waals surface area (Å²) in [7, 11) is 0. The zero-order chi connectivity index (χ0) is 38.8. The molecule has 1 saturated heterocycles. The van der Waals surface area contributed by atoms with Crippen molar-refractivity contribution in [3.63, 3.8) is 0 Å². The van der Waals surface area contributed by atoms with Gasteiger partial charge in [-0.2, -0.15) is 0 Å². The van der Waals surface area contributed by atoms with Gasteiger partial charge in [-0.25, -0.2) is 19.2 Å². The van der Waals surface area contributed by atoms with Gasteiger partial charge in [0.2, 0.25) is 0 Å². The molecule has 0 bridgehead atoms. The predicted octanol–water partition coefficient (Wildman–Crippen LogP) is 8.24. The van der Waals surface area contributed by atoms with Gasteiger partial charge in [0, 0.05) is 0 Å². The summed E-state index contributed by atoms with van der Waals surface area (Å²) in [5.74, 6) is -2.03. The second-order valence-corrected chi connectivity index (χ2v) is 14.3. The average molecular weight is 769 g/mol. The van der Waals surface area contributed by atoms with Gasteiger partial charge in [0.15, 0.2) is 18.3 Å². The van der Waals surface area contributed by atoms with Gasteiger partial charge in [0.05, 0.1) is 16.7 Å². The highest BCUT2D eigenvalue weighted by Crippen LogP contribution is 2.36. The first-order chi connectivity index (χ1) is 26.9. The molecule has 1 heterocycles. The summed E-state index contributed by atoms with van der Waals surface area (Å²) in [6.07, 6.45) is -2.20. The molecule has 5 rings (SSSR count). The summed E-state index contributed by atoms with van der Waals surface area (Å²) in [4.78, 5) is 54.6. The van der Waals surface area contributed by atoms with Crippen LogP contribution in [0.2, 0.25) is 0 Å². The summed E-state index contributed by atoms with van der Waals surface area (Å²) in [6.45, 7) is 3.70. The van der Waals surface area contributed by atoms with Crippen molar-refractivity contribution in [1.29, 1.82) is 0 Å². The molecule has 11 heteroatoms. The maximum atomic E-state index is 13.9. The minimum Gasteiger partial charge on any atom is -0.459 e. The highest BCUT2D eigenvalue weighted by atomic mass is 32.2. The Labute approximate surface area is 326 Å². The first kappa shape index (κ1) is 41.2. The van der Waals surface area contributed by atoms with Gasteiger partial charge in [0.1, 0.15) is 30.9 Å². The fourth-order valence-electron chi connectivity index (χ4n) is 6.09. The fourth-order valence-corrected chi connectivity index (χ4v) is 7.04. The summed E-state index contributed by atoms with van der Waals surface area (Å²) in [5.41, 5.74) is 0.803. The monoisotopic (exact) mass is 768 g/mol. The van der Waals surface area contributed by atoms with E-state index in [0.29, 0.717) is 24.2 Å². The van der Waals surface area contributed by atoms with Crippen LogP contribution in [-0.2, 0) is 39.8 Å². The Morgan fingerprint density at radius 2 is 1.15 bits per heavy atom. The van der Waals surface area contributed by atoms with Crippen molar-refractivity contribution in [3.05, 3.63) is 144 Å². The third kappa shape index (κ3) is 12.3. The van der Waals surface area contributed by atoms with E-state index in [0.717, 1.165) is 24.8 Å². The number of thioether (sulfide) groups is 1. The Kier molecular flexibility index (Phi) is 16.3. The zero-order valence-corrected chi connectivity index (χ0v) is 32.0. The van der Waals surface area contributed by atoms with Gasteiger partial charge in [-0.3, -0.25) is 0 Å². The molecule has 0 aliphatic carbocycles. The summed E-state index contributed by atoms with van der Waals surface area (Å²) in [5, 5.41) is 0. The lowest BCUT2D eigenvalue weighted by molar-refractivity contribution is -0.234. The quantitative estimate of drug-likeness (QED) is 0.0521. The number of rotatable bonds is 19. The van der Waals surface area contributed by atoms with Gasteiger partial charge in [0.25, 0.3) is 0 Å². The Hall–Kier alpha value is -4.97. The minimum absolute atomic E-state index is 0.0213. The van der Waals surface area contributed by atoms with E-state index in [2.05, 4.69) is 6.92 Å². The smallest absolute Gasteiger partial charge is 0.338 e. The van der Waals surface area contributed by atoms with Crippen LogP contribution >= 0.6 is 11.8 Å². The first-order valence-corrected chi connectivity index (χ1v) is 19.8. The van der Waals surface area contributed by atoms with Crippen LogP contribution in [0.3, 0.4) is 0 Å². The van der Waals surface area contributed by atoms with Crippen molar-refractivity contribution in [2.24, 2.45) is 0 Å². The van der Waals surface area contributed by atoms with Crippen molar-refractivity contribution in [2.75, 3.05) is 12.4 Å². The number of hydrogen-bond acceptors (Lipinski definition) is 11. The van der Waals surface area contributed by atoms with E-state index >= 15 is 0 Å². The van der Waals surface area contributed by atoms with Crippen molar-refractivity contribution in [3.8, 4) is 0 Å². The number of benzene rings is 4. The molecule has 0 radical (unpaired) electrons. The summed E-state index contributed by atoms with van der Waals surface area (Å²) in [6, 6.07) is 34.6. The van der Waals surface area contributed by atoms with Crippen LogP contribution in [0.5, 0.6) is 0 Å². The van der Waals surface area contributed by atoms with E-state index in [1.807, 2.05) is 37.3 Å². The molecule has 3 unspecified atom stereocenters. The van der Waals surface area contributed by atoms with E-state index < -0.39 is 59.8 Å². The highest BCUT2D eigenvalue weighted by Gasteiger charge is 2.53. The summed E-state index contributed by atoms with van der Waals surface area (Å²) >= 11 is 1.34. The third-order valence-corrected chi connectivity index (χ3v) is 9.98. The molecule has 10 nitrogen and oxygen atoms in total. The van der Waals surface area contributed by atoms with Crippen molar-refractivity contribution in [2.45, 2.75) is 88.5 Å². The molecule has 4 aromatic carbocycles. The zero-order valence-electron chi connectivity index (χ0n) is 31.2. The van der Waals surface area contributed by atoms with Gasteiger partial charge < -0.3 is 28.4 Å². The largest absolute Gasteiger partial charge is 0.459 e. The SMILES string of the molecule is CCCCCC[C@H](OC1C(OC(=O)c2ccccc2)[C@H](SCC)OC(COC(=O)c2ccccc2)[C@@H]1OC(=O)c1ccccc1)C(=O)OCc1ccccc1. The second kappa shape index (κ2) is 21.8. The van der Waals surface area contributed by atoms with Gasteiger partial charge in [-0.1, -0.05) is 124 Å². The Morgan fingerprint density at radius 3 is 1.69 bits per heavy atom. The van der Waals surface area contributed by atoms with Crippen LogP contribution in [0, 0.1) is 0 Å². The van der Waals surface area contributed by atoms with Crippen LogP contribution in [0.15, 0.2) is 121 Å². The van der Waals surface area contributed by atoms with E-state index in [1.54, 1.807) is 91.0 Å². The Morgan fingerprint density at radius 1 is 0.618 bits per heavy atom. The van der Waals surface area contributed by atoms with Crippen molar-refractivity contribution >= 4 is 35.6 Å². The maximum absolute atomic E-state index is 13.9. The molecule has 0 amide bonds. The van der Waals surface area contributed by atoms with Crippen LogP contribution in [-0.4, -0.2) is 72.2 Å². The van der Waals surface area contributed by atoms with E-state index in [-0.39, 0.29) is 24.3 Å². The molecule has 0 saturated carbocycles. The molecule has 0 N–H and O–H groups in total. The molecule has 4 aromatic rings. The minimum atomic E-state index is -1.31. The van der Waals surface area contributed by atoms with E-state index in [9.17, 15) is 19.2 Å². The first-order valence-electron chi connectivity index (χ1n) is 18.7. The normalized spacial score (nSPS) is 19.8. The van der Waals surface area contributed by atoms with Gasteiger partial charge in [-0.15, -0.1) is 11.8 Å². The number of esters is 4. The van der Waals surface area contributed by atoms with Crippen LogP contribution in [0.4, 0.5) is 0 Å². The molecule has 1 aliphatic rings. The molecule has 0 spiro atoms. The number of unbranched alkanes of at least 4 members (excludes halogenated alkanes) is 3. The molecule has 55 heavy (non-hydrogen) atoms. The standard InChI is InChI=1S/C44H48O10S/c1-3-5-6-19-28-35(43(48)49-29-31-20-11-7-12-21-31)51-38-37(53-41(46)33-24-15-9-16-25-33)36(30-50-40(45)32-22-13-8-14-23-32)52-44(55-4-2)39(38)54-42(47)34-26-17-10-18-27-34/h7-18,20-27,35-39,44H,3-6,19,28-30H2,1-2H3/t35-,36?,37-,38?,39?,44-/m0/s1. The number of carbonyl (C=O) groups excluding carboxylic acids is 4. The third-order valence-electron chi connectivity index (χ3n) is 8.94. The molecule has 6 atom stereocenters. The van der Waals surface area contributed by atoms with Crippen LogP contribution < -0.4 is 0 Å². The Bertz CT molecular complexity index is 1770. The molecule has 290 valence electrons. The van der Waals surface area contributed by atoms with Crippen LogP contribution in [0.1, 0.15) is 82.6 Å². The lowest BCUT2D eigenvalue weighted by Crippen LogP contribution is -2.62. The summed E-state index contributed by atoms with van der Waals surface area (Å²) < 4.78 is 37.3. The lowest BCUT2D eigenvalue weighted by Gasteiger charge is -2.45. The van der Waals surface area contributed by atoms with Crippen LogP contribution in [0.25, 0.3) is 0 Å². The molecular formula is C44H48O10S. The second-order valence-electron chi connectivity index (χ2n) is 13.0. The highest BCUT2D eigenvalue weighted by molar-refractivity contribution is 7.99. The fraction of sp³-hybridized carbons (Fsp3) is 0.364.